The van der Waals surface area contributed by atoms with Crippen molar-refractivity contribution >= 4 is 33.2 Å². The van der Waals surface area contributed by atoms with Gasteiger partial charge in [0.2, 0.25) is 5.95 Å². The van der Waals surface area contributed by atoms with E-state index < -0.39 is 15.7 Å². The van der Waals surface area contributed by atoms with Gasteiger partial charge in [0.25, 0.3) is 0 Å². The Morgan fingerprint density at radius 1 is 1.08 bits per heavy atom. The van der Waals surface area contributed by atoms with Crippen molar-refractivity contribution in [3.8, 4) is 11.4 Å². The van der Waals surface area contributed by atoms with E-state index in [1.165, 1.54) is 13.3 Å². The van der Waals surface area contributed by atoms with Gasteiger partial charge in [0.15, 0.2) is 27.2 Å². The second-order valence-electron chi connectivity index (χ2n) is 10.5. The van der Waals surface area contributed by atoms with Crippen molar-refractivity contribution in [3.63, 3.8) is 0 Å². The van der Waals surface area contributed by atoms with Gasteiger partial charge in [-0.15, -0.1) is 10.2 Å². The number of anilines is 2. The van der Waals surface area contributed by atoms with E-state index >= 15 is 0 Å². The Morgan fingerprint density at radius 2 is 1.84 bits per heavy atom. The number of benzene rings is 1. The van der Waals surface area contributed by atoms with Crippen LogP contribution in [0.4, 0.5) is 16.2 Å². The van der Waals surface area contributed by atoms with E-state index in [9.17, 15) is 12.8 Å². The molecular formula is C24H25ClFN7O3S. The van der Waals surface area contributed by atoms with E-state index in [0.717, 1.165) is 49.2 Å². The van der Waals surface area contributed by atoms with Gasteiger partial charge in [-0.25, -0.2) is 17.8 Å². The zero-order chi connectivity index (χ0) is 25.5. The zero-order valence-corrected chi connectivity index (χ0v) is 21.7. The Bertz CT molecular complexity index is 1500. The predicted molar refractivity (Wildman–Crippen MR) is 136 cm³/mol. The molecule has 0 bridgehead atoms. The van der Waals surface area contributed by atoms with Crippen LogP contribution in [-0.2, 0) is 22.9 Å². The van der Waals surface area contributed by atoms with Crippen molar-refractivity contribution in [2.45, 2.75) is 19.1 Å². The number of aromatic nitrogens is 4. The Morgan fingerprint density at radius 3 is 2.57 bits per heavy atom. The molecule has 0 saturated carbocycles. The van der Waals surface area contributed by atoms with Gasteiger partial charge in [-0.3, -0.25) is 9.47 Å². The summed E-state index contributed by atoms with van der Waals surface area (Å²) in [6.45, 7) is 4.42. The first-order chi connectivity index (χ1) is 17.7. The van der Waals surface area contributed by atoms with Crippen LogP contribution < -0.4 is 14.5 Å². The average molecular weight is 546 g/mol. The van der Waals surface area contributed by atoms with Crippen LogP contribution in [0.25, 0.3) is 5.69 Å². The highest BCUT2D eigenvalue weighted by atomic mass is 35.5. The number of pyridine rings is 1. The Balaban J connectivity index is 1.12. The number of fused-ring (bicyclic) bond motifs is 3. The zero-order valence-electron chi connectivity index (χ0n) is 20.1. The van der Waals surface area contributed by atoms with Crippen molar-refractivity contribution in [2.24, 2.45) is 5.41 Å². The fourth-order valence-electron chi connectivity index (χ4n) is 5.99. The maximum atomic E-state index is 13.7. The van der Waals surface area contributed by atoms with Crippen LogP contribution in [0.1, 0.15) is 11.4 Å². The standard InChI is InChI=1S/C24H25ClFN7O3S/c1-36-20-5-21(27-6-18(20)26)31-11-24(12-31)13-32(14-24)23-29-28-22-8-30(17-9-37(34,35)10-17)7-15-4-16(25)2-3-19(15)33(22)23/h2-6,17H,7-14H2,1H3. The largest absolute Gasteiger partial charge is 0.493 e. The molecule has 0 amide bonds. The quantitative estimate of drug-likeness (QED) is 0.487. The molecule has 0 atom stereocenters. The molecule has 37 heavy (non-hydrogen) atoms. The third-order valence-corrected chi connectivity index (χ3v) is 9.88. The number of nitrogens with zero attached hydrogens (tertiary/aromatic N) is 7. The normalized spacial score (nSPS) is 21.9. The van der Waals surface area contributed by atoms with Crippen LogP contribution in [0.5, 0.6) is 5.75 Å². The fraction of sp³-hybridized carbons (Fsp3) is 0.458. The van der Waals surface area contributed by atoms with Gasteiger partial charge in [0, 0.05) is 55.3 Å². The van der Waals surface area contributed by atoms with Crippen molar-refractivity contribution in [2.75, 3.05) is 54.6 Å². The van der Waals surface area contributed by atoms with Crippen molar-refractivity contribution in [1.82, 2.24) is 24.6 Å². The molecule has 6 heterocycles. The minimum Gasteiger partial charge on any atom is -0.493 e. The van der Waals surface area contributed by atoms with Crippen LogP contribution >= 0.6 is 11.6 Å². The lowest BCUT2D eigenvalue weighted by molar-refractivity contribution is 0.153. The summed E-state index contributed by atoms with van der Waals surface area (Å²) >= 11 is 6.34. The molecule has 1 aromatic carbocycles. The smallest absolute Gasteiger partial charge is 0.231 e. The summed E-state index contributed by atoms with van der Waals surface area (Å²) in [5.74, 6) is 2.35. The number of sulfone groups is 1. The molecule has 10 nitrogen and oxygen atoms in total. The molecule has 3 fully saturated rings. The molecule has 0 radical (unpaired) electrons. The molecule has 4 aliphatic rings. The van der Waals surface area contributed by atoms with Gasteiger partial charge in [0.05, 0.1) is 37.0 Å². The maximum absolute atomic E-state index is 13.7. The lowest BCUT2D eigenvalue weighted by Crippen LogP contribution is -2.73. The van der Waals surface area contributed by atoms with Crippen LogP contribution in [-0.4, -0.2) is 83.9 Å². The summed E-state index contributed by atoms with van der Waals surface area (Å²) in [6.07, 6.45) is 1.20. The van der Waals surface area contributed by atoms with E-state index in [2.05, 4.69) is 34.4 Å². The Kier molecular flexibility index (Phi) is 5.02. The first-order valence-corrected chi connectivity index (χ1v) is 14.3. The molecule has 3 aromatic rings. The topological polar surface area (TPSA) is 96.7 Å². The predicted octanol–water partition coefficient (Wildman–Crippen LogP) is 1.90. The van der Waals surface area contributed by atoms with E-state index in [1.54, 1.807) is 6.07 Å². The number of ether oxygens (including phenoxy) is 1. The highest BCUT2D eigenvalue weighted by Crippen LogP contribution is 2.44. The molecule has 4 aliphatic heterocycles. The van der Waals surface area contributed by atoms with E-state index in [-0.39, 0.29) is 28.7 Å². The third kappa shape index (κ3) is 3.76. The van der Waals surface area contributed by atoms with E-state index in [0.29, 0.717) is 23.9 Å². The SMILES string of the molecule is COc1cc(N2CC3(C2)CN(c2nnc4n2-c2ccc(Cl)cc2CN(C2CS(=O)(=O)C2)C4)C3)ncc1F. The maximum Gasteiger partial charge on any atom is 0.231 e. The first kappa shape index (κ1) is 23.2. The molecule has 1 spiro atoms. The molecule has 194 valence electrons. The van der Waals surface area contributed by atoms with Gasteiger partial charge < -0.3 is 14.5 Å². The highest BCUT2D eigenvalue weighted by molar-refractivity contribution is 7.92. The van der Waals surface area contributed by atoms with Crippen molar-refractivity contribution < 1.29 is 17.5 Å². The lowest BCUT2D eigenvalue weighted by Gasteiger charge is -2.60. The molecule has 0 N–H and O–H groups in total. The second-order valence-corrected chi connectivity index (χ2v) is 13.1. The summed E-state index contributed by atoms with van der Waals surface area (Å²) in [7, 11) is -1.50. The van der Waals surface area contributed by atoms with Crippen molar-refractivity contribution in [1.29, 1.82) is 0 Å². The third-order valence-electron chi connectivity index (χ3n) is 7.86. The summed E-state index contributed by atoms with van der Waals surface area (Å²) in [4.78, 5) is 10.7. The number of hydrogen-bond acceptors (Lipinski definition) is 9. The summed E-state index contributed by atoms with van der Waals surface area (Å²) in [5.41, 5.74) is 2.12. The van der Waals surface area contributed by atoms with E-state index in [4.69, 9.17) is 16.3 Å². The highest BCUT2D eigenvalue weighted by Gasteiger charge is 2.53. The molecule has 13 heteroatoms. The van der Waals surface area contributed by atoms with Crippen LogP contribution in [0.15, 0.2) is 30.5 Å². The minimum absolute atomic E-state index is 0.0320. The van der Waals surface area contributed by atoms with Crippen LogP contribution in [0.2, 0.25) is 5.02 Å². The fourth-order valence-corrected chi connectivity index (χ4v) is 7.68. The Hall–Kier alpha value is -2.96. The van der Waals surface area contributed by atoms with Gasteiger partial charge in [0.1, 0.15) is 5.82 Å². The summed E-state index contributed by atoms with van der Waals surface area (Å²) < 4.78 is 44.6. The minimum atomic E-state index is -2.95. The molecule has 7 rings (SSSR count). The number of methoxy groups -OCH3 is 1. The average Bonchev–Trinajstić information content (AvgIpc) is 3.11. The summed E-state index contributed by atoms with van der Waals surface area (Å²) in [5, 5.41) is 9.73. The van der Waals surface area contributed by atoms with Crippen molar-refractivity contribution in [3.05, 3.63) is 52.7 Å². The molecule has 3 saturated heterocycles. The first-order valence-electron chi connectivity index (χ1n) is 12.1. The molecular weight excluding hydrogens is 521 g/mol. The van der Waals surface area contributed by atoms with Gasteiger partial charge in [-0.1, -0.05) is 11.6 Å². The summed E-state index contributed by atoms with van der Waals surface area (Å²) in [6, 6.07) is 7.40. The number of rotatable bonds is 4. The number of halogens is 2. The van der Waals surface area contributed by atoms with Gasteiger partial charge in [-0.2, -0.15) is 0 Å². The van der Waals surface area contributed by atoms with Crippen LogP contribution in [0, 0.1) is 11.2 Å². The second kappa shape index (κ2) is 8.02. The molecule has 0 unspecified atom stereocenters. The molecule has 2 aromatic heterocycles. The molecule has 0 aliphatic carbocycles. The lowest BCUT2D eigenvalue weighted by atomic mass is 9.73. The van der Waals surface area contributed by atoms with Gasteiger partial charge in [-0.05, 0) is 23.8 Å². The monoisotopic (exact) mass is 545 g/mol. The van der Waals surface area contributed by atoms with Gasteiger partial charge >= 0.3 is 0 Å². The van der Waals surface area contributed by atoms with E-state index in [1.807, 2.05) is 18.2 Å². The van der Waals surface area contributed by atoms with Crippen LogP contribution in [0.3, 0.4) is 0 Å². The Labute approximate surface area is 218 Å². The number of hydrogen-bond donors (Lipinski definition) is 0.